The summed E-state index contributed by atoms with van der Waals surface area (Å²) in [6, 6.07) is 9.45. The summed E-state index contributed by atoms with van der Waals surface area (Å²) in [7, 11) is 1.87. The van der Waals surface area contributed by atoms with Gasteiger partial charge in [-0.05, 0) is 31.0 Å². The van der Waals surface area contributed by atoms with E-state index >= 15 is 0 Å². The van der Waals surface area contributed by atoms with E-state index in [1.807, 2.05) is 24.1 Å². The Morgan fingerprint density at radius 3 is 2.85 bits per heavy atom. The fraction of sp³-hybridized carbons (Fsp3) is 0.375. The molecule has 0 atom stereocenters. The molecule has 1 N–H and O–H groups in total. The van der Waals surface area contributed by atoms with Crippen molar-refractivity contribution in [2.75, 3.05) is 11.9 Å². The quantitative estimate of drug-likeness (QED) is 0.876. The third kappa shape index (κ3) is 3.02. The van der Waals surface area contributed by atoms with Crippen LogP contribution in [0.3, 0.4) is 0 Å². The van der Waals surface area contributed by atoms with E-state index in [0.29, 0.717) is 18.3 Å². The van der Waals surface area contributed by atoms with Crippen LogP contribution >= 0.6 is 0 Å². The smallest absolute Gasteiger partial charge is 0.146 e. The lowest BCUT2D eigenvalue weighted by molar-refractivity contribution is 0.497. The molecule has 0 spiro atoms. The first kappa shape index (κ1) is 13.2. The van der Waals surface area contributed by atoms with Gasteiger partial charge in [0.1, 0.15) is 11.6 Å². The molecule has 106 valence electrons. The van der Waals surface area contributed by atoms with E-state index in [1.54, 1.807) is 18.4 Å². The molecule has 1 aliphatic rings. The third-order valence-electron chi connectivity index (χ3n) is 3.64. The van der Waals surface area contributed by atoms with E-state index in [9.17, 15) is 4.39 Å². The largest absolute Gasteiger partial charge is 0.467 e. The predicted molar refractivity (Wildman–Crippen MR) is 77.1 cm³/mol. The molecule has 20 heavy (non-hydrogen) atoms. The van der Waals surface area contributed by atoms with Gasteiger partial charge in [0, 0.05) is 25.2 Å². The molecule has 0 bridgehead atoms. The average molecular weight is 274 g/mol. The standard InChI is InChI=1S/C16H19FN2O/c1-19(15-5-3-2-4-14(15)17)11-16-12(8-9-20-16)10-18-13-6-7-13/h2-5,8-9,13,18H,6-7,10-11H2,1H3. The maximum Gasteiger partial charge on any atom is 0.146 e. The summed E-state index contributed by atoms with van der Waals surface area (Å²) in [5.74, 6) is 0.683. The van der Waals surface area contributed by atoms with Crippen molar-refractivity contribution in [3.8, 4) is 0 Å². The summed E-state index contributed by atoms with van der Waals surface area (Å²) in [4.78, 5) is 1.87. The Morgan fingerprint density at radius 2 is 2.10 bits per heavy atom. The van der Waals surface area contributed by atoms with Crippen molar-refractivity contribution in [3.63, 3.8) is 0 Å². The minimum atomic E-state index is -0.209. The van der Waals surface area contributed by atoms with Gasteiger partial charge in [-0.2, -0.15) is 0 Å². The molecule has 1 fully saturated rings. The Balaban J connectivity index is 1.67. The fourth-order valence-electron chi connectivity index (χ4n) is 2.27. The second kappa shape index (κ2) is 5.67. The van der Waals surface area contributed by atoms with Crippen molar-refractivity contribution in [3.05, 3.63) is 53.7 Å². The highest BCUT2D eigenvalue weighted by Crippen LogP contribution is 2.23. The summed E-state index contributed by atoms with van der Waals surface area (Å²) in [5.41, 5.74) is 1.74. The van der Waals surface area contributed by atoms with Crippen molar-refractivity contribution in [1.82, 2.24) is 5.32 Å². The lowest BCUT2D eigenvalue weighted by Crippen LogP contribution is -2.20. The van der Waals surface area contributed by atoms with Crippen molar-refractivity contribution in [2.45, 2.75) is 32.0 Å². The SMILES string of the molecule is CN(Cc1occc1CNC1CC1)c1ccccc1F. The Kier molecular flexibility index (Phi) is 3.74. The van der Waals surface area contributed by atoms with Crippen LogP contribution in [0.25, 0.3) is 0 Å². The molecule has 1 saturated carbocycles. The van der Waals surface area contributed by atoms with Crippen LogP contribution < -0.4 is 10.2 Å². The van der Waals surface area contributed by atoms with Gasteiger partial charge in [-0.25, -0.2) is 4.39 Å². The average Bonchev–Trinajstić information content (AvgIpc) is 3.17. The number of rotatable bonds is 6. The second-order valence-corrected chi connectivity index (χ2v) is 5.33. The first-order chi connectivity index (χ1) is 9.74. The Bertz CT molecular complexity index is 577. The van der Waals surface area contributed by atoms with Gasteiger partial charge in [-0.15, -0.1) is 0 Å². The highest BCUT2D eigenvalue weighted by Gasteiger charge is 2.21. The van der Waals surface area contributed by atoms with Gasteiger partial charge in [0.05, 0.1) is 18.5 Å². The van der Waals surface area contributed by atoms with Gasteiger partial charge in [0.15, 0.2) is 0 Å². The summed E-state index contributed by atoms with van der Waals surface area (Å²) in [6.45, 7) is 1.39. The van der Waals surface area contributed by atoms with Crippen molar-refractivity contribution in [2.24, 2.45) is 0 Å². The van der Waals surface area contributed by atoms with E-state index in [4.69, 9.17) is 4.42 Å². The predicted octanol–water partition coefficient (Wildman–Crippen LogP) is 3.31. The second-order valence-electron chi connectivity index (χ2n) is 5.33. The monoisotopic (exact) mass is 274 g/mol. The number of anilines is 1. The number of halogens is 1. The minimum absolute atomic E-state index is 0.209. The maximum atomic E-state index is 13.7. The first-order valence-electron chi connectivity index (χ1n) is 6.98. The molecule has 3 rings (SSSR count). The van der Waals surface area contributed by atoms with Crippen LogP contribution in [0.5, 0.6) is 0 Å². The molecule has 3 nitrogen and oxygen atoms in total. The molecule has 4 heteroatoms. The number of para-hydroxylation sites is 1. The van der Waals surface area contributed by atoms with Crippen LogP contribution in [0, 0.1) is 5.82 Å². The fourth-order valence-corrected chi connectivity index (χ4v) is 2.27. The molecule has 1 heterocycles. The van der Waals surface area contributed by atoms with Crippen LogP contribution in [0.15, 0.2) is 41.0 Å². The number of furan rings is 1. The lowest BCUT2D eigenvalue weighted by atomic mass is 10.2. The normalized spacial score (nSPS) is 14.5. The van der Waals surface area contributed by atoms with Crippen LogP contribution in [0.4, 0.5) is 10.1 Å². The van der Waals surface area contributed by atoms with Crippen LogP contribution in [0.1, 0.15) is 24.2 Å². The molecular weight excluding hydrogens is 255 g/mol. The number of hydrogen-bond donors (Lipinski definition) is 1. The highest BCUT2D eigenvalue weighted by molar-refractivity contribution is 5.47. The first-order valence-corrected chi connectivity index (χ1v) is 6.98. The summed E-state index contributed by atoms with van der Waals surface area (Å²) >= 11 is 0. The van der Waals surface area contributed by atoms with E-state index in [0.717, 1.165) is 17.9 Å². The molecule has 0 amide bonds. The van der Waals surface area contributed by atoms with Crippen LogP contribution in [-0.2, 0) is 13.1 Å². The third-order valence-corrected chi connectivity index (χ3v) is 3.64. The molecule has 0 aliphatic heterocycles. The van der Waals surface area contributed by atoms with Crippen LogP contribution in [-0.4, -0.2) is 13.1 Å². The number of nitrogens with one attached hydrogen (secondary N) is 1. The van der Waals surface area contributed by atoms with Crippen LogP contribution in [0.2, 0.25) is 0 Å². The lowest BCUT2D eigenvalue weighted by Gasteiger charge is -2.19. The van der Waals surface area contributed by atoms with E-state index in [1.165, 1.54) is 18.9 Å². The van der Waals surface area contributed by atoms with E-state index < -0.39 is 0 Å². The number of nitrogens with zero attached hydrogens (tertiary/aromatic N) is 1. The van der Waals surface area contributed by atoms with E-state index in [-0.39, 0.29) is 5.82 Å². The zero-order valence-corrected chi connectivity index (χ0v) is 11.6. The van der Waals surface area contributed by atoms with Crippen molar-refractivity contribution >= 4 is 5.69 Å². The van der Waals surface area contributed by atoms with Gasteiger partial charge >= 0.3 is 0 Å². The van der Waals surface area contributed by atoms with E-state index in [2.05, 4.69) is 5.32 Å². The zero-order chi connectivity index (χ0) is 13.9. The zero-order valence-electron chi connectivity index (χ0n) is 11.6. The molecule has 1 aliphatic carbocycles. The molecule has 0 radical (unpaired) electrons. The molecule has 1 aromatic carbocycles. The summed E-state index contributed by atoms with van der Waals surface area (Å²) in [6.07, 6.45) is 4.24. The Labute approximate surface area is 118 Å². The van der Waals surface area contributed by atoms with Gasteiger partial charge in [0.25, 0.3) is 0 Å². The molecular formula is C16H19FN2O. The topological polar surface area (TPSA) is 28.4 Å². The van der Waals surface area contributed by atoms with Gasteiger partial charge in [-0.1, -0.05) is 12.1 Å². The molecule has 1 aromatic heterocycles. The number of benzene rings is 1. The summed E-state index contributed by atoms with van der Waals surface area (Å²) in [5, 5.41) is 3.47. The molecule has 0 unspecified atom stereocenters. The number of hydrogen-bond acceptors (Lipinski definition) is 3. The Morgan fingerprint density at radius 1 is 1.30 bits per heavy atom. The summed E-state index contributed by atoms with van der Waals surface area (Å²) < 4.78 is 19.3. The molecule has 0 saturated heterocycles. The minimum Gasteiger partial charge on any atom is -0.467 e. The van der Waals surface area contributed by atoms with Gasteiger partial charge < -0.3 is 14.6 Å². The maximum absolute atomic E-state index is 13.7. The van der Waals surface area contributed by atoms with Gasteiger partial charge in [0.2, 0.25) is 0 Å². The highest BCUT2D eigenvalue weighted by atomic mass is 19.1. The van der Waals surface area contributed by atoms with Gasteiger partial charge in [-0.3, -0.25) is 0 Å². The van der Waals surface area contributed by atoms with Crippen molar-refractivity contribution in [1.29, 1.82) is 0 Å². The molecule has 2 aromatic rings. The van der Waals surface area contributed by atoms with Crippen molar-refractivity contribution < 1.29 is 8.81 Å². The Hall–Kier alpha value is -1.81.